The lowest BCUT2D eigenvalue weighted by Gasteiger charge is -2.31. The standard InChI is InChI=1S/C20H23FN2O/c1-14-5-10-18(15(2)13-14)22-19(24)23-20(11-3-4-12-20)16-6-8-17(21)9-7-16/h5-10,13H,3-4,11-12H2,1-2H3,(H2,22,23,24). The number of anilines is 1. The van der Waals surface area contributed by atoms with Gasteiger partial charge in [0.05, 0.1) is 5.54 Å². The second-order valence-corrected chi connectivity index (χ2v) is 6.69. The second-order valence-electron chi connectivity index (χ2n) is 6.69. The maximum absolute atomic E-state index is 13.2. The molecule has 0 aliphatic heterocycles. The van der Waals surface area contributed by atoms with Gasteiger partial charge in [-0.2, -0.15) is 0 Å². The first-order valence-corrected chi connectivity index (χ1v) is 8.41. The Morgan fingerprint density at radius 2 is 1.71 bits per heavy atom. The van der Waals surface area contributed by atoms with Gasteiger partial charge in [-0.1, -0.05) is 42.7 Å². The van der Waals surface area contributed by atoms with Crippen LogP contribution < -0.4 is 10.6 Å². The van der Waals surface area contributed by atoms with Crippen molar-refractivity contribution in [2.45, 2.75) is 45.1 Å². The number of urea groups is 1. The van der Waals surface area contributed by atoms with Gasteiger partial charge in [-0.25, -0.2) is 9.18 Å². The first-order chi connectivity index (χ1) is 11.5. The van der Waals surface area contributed by atoms with Crippen molar-refractivity contribution in [2.75, 3.05) is 5.32 Å². The van der Waals surface area contributed by atoms with Crippen LogP contribution in [0.5, 0.6) is 0 Å². The van der Waals surface area contributed by atoms with Gasteiger partial charge in [-0.05, 0) is 56.0 Å². The van der Waals surface area contributed by atoms with Crippen LogP contribution in [-0.4, -0.2) is 6.03 Å². The van der Waals surface area contributed by atoms with Crippen molar-refractivity contribution in [2.24, 2.45) is 0 Å². The highest BCUT2D eigenvalue weighted by atomic mass is 19.1. The smallest absolute Gasteiger partial charge is 0.319 e. The Labute approximate surface area is 142 Å². The van der Waals surface area contributed by atoms with E-state index in [0.29, 0.717) is 0 Å². The minimum atomic E-state index is -0.406. The molecule has 3 nitrogen and oxygen atoms in total. The summed E-state index contributed by atoms with van der Waals surface area (Å²) in [5.41, 5.74) is 3.57. The summed E-state index contributed by atoms with van der Waals surface area (Å²) in [7, 11) is 0. The normalized spacial score (nSPS) is 16.0. The molecular formula is C20H23FN2O. The lowest BCUT2D eigenvalue weighted by molar-refractivity contribution is 0.236. The molecular weight excluding hydrogens is 303 g/mol. The zero-order valence-corrected chi connectivity index (χ0v) is 14.2. The Bertz CT molecular complexity index is 734. The first kappa shape index (κ1) is 16.5. The van der Waals surface area contributed by atoms with E-state index in [1.165, 1.54) is 12.1 Å². The zero-order valence-electron chi connectivity index (χ0n) is 14.2. The molecule has 2 aromatic carbocycles. The van der Waals surface area contributed by atoms with Gasteiger partial charge in [0.1, 0.15) is 5.82 Å². The van der Waals surface area contributed by atoms with Gasteiger partial charge < -0.3 is 10.6 Å². The number of benzene rings is 2. The molecule has 2 aromatic rings. The van der Waals surface area contributed by atoms with Gasteiger partial charge in [-0.15, -0.1) is 0 Å². The van der Waals surface area contributed by atoms with E-state index < -0.39 is 5.54 Å². The lowest BCUT2D eigenvalue weighted by Crippen LogP contribution is -2.45. The maximum Gasteiger partial charge on any atom is 0.319 e. The summed E-state index contributed by atoms with van der Waals surface area (Å²) in [6.45, 7) is 4.01. The van der Waals surface area contributed by atoms with E-state index in [0.717, 1.165) is 48.1 Å². The number of hydrogen-bond donors (Lipinski definition) is 2. The third kappa shape index (κ3) is 3.42. The van der Waals surface area contributed by atoms with E-state index in [1.807, 2.05) is 32.0 Å². The Kier molecular flexibility index (Phi) is 4.56. The van der Waals surface area contributed by atoms with Crippen LogP contribution in [-0.2, 0) is 5.54 Å². The van der Waals surface area contributed by atoms with Crippen LogP contribution in [0, 0.1) is 19.7 Å². The second kappa shape index (κ2) is 6.63. The summed E-state index contributed by atoms with van der Waals surface area (Å²) >= 11 is 0. The lowest BCUT2D eigenvalue weighted by atomic mass is 9.88. The van der Waals surface area contributed by atoms with Crippen molar-refractivity contribution >= 4 is 11.7 Å². The topological polar surface area (TPSA) is 41.1 Å². The summed E-state index contributed by atoms with van der Waals surface area (Å²) in [5.74, 6) is -0.258. The Balaban J connectivity index is 1.78. The number of amides is 2. The summed E-state index contributed by atoms with van der Waals surface area (Å²) in [5, 5.41) is 6.09. The number of carbonyl (C=O) groups is 1. The molecule has 0 unspecified atom stereocenters. The quantitative estimate of drug-likeness (QED) is 0.815. The molecule has 2 N–H and O–H groups in total. The average molecular weight is 326 g/mol. The number of aryl methyl sites for hydroxylation is 2. The van der Waals surface area contributed by atoms with Crippen molar-refractivity contribution in [3.63, 3.8) is 0 Å². The van der Waals surface area contributed by atoms with Gasteiger partial charge in [0.25, 0.3) is 0 Å². The largest absolute Gasteiger partial charge is 0.328 e. The molecule has 4 heteroatoms. The van der Waals surface area contributed by atoms with Crippen molar-refractivity contribution in [3.8, 4) is 0 Å². The van der Waals surface area contributed by atoms with E-state index in [-0.39, 0.29) is 11.8 Å². The molecule has 1 aliphatic carbocycles. The third-order valence-corrected chi connectivity index (χ3v) is 4.84. The Morgan fingerprint density at radius 1 is 1.04 bits per heavy atom. The molecule has 0 spiro atoms. The average Bonchev–Trinajstić information content (AvgIpc) is 3.00. The van der Waals surface area contributed by atoms with Crippen LogP contribution in [0.25, 0.3) is 0 Å². The number of rotatable bonds is 3. The van der Waals surface area contributed by atoms with E-state index in [4.69, 9.17) is 0 Å². The molecule has 0 bridgehead atoms. The van der Waals surface area contributed by atoms with E-state index in [9.17, 15) is 9.18 Å². The fraction of sp³-hybridized carbons (Fsp3) is 0.350. The summed E-state index contributed by atoms with van der Waals surface area (Å²) in [4.78, 5) is 12.6. The summed E-state index contributed by atoms with van der Waals surface area (Å²) in [6, 6.07) is 12.2. The van der Waals surface area contributed by atoms with Gasteiger partial charge in [0.2, 0.25) is 0 Å². The first-order valence-electron chi connectivity index (χ1n) is 8.41. The molecule has 24 heavy (non-hydrogen) atoms. The molecule has 1 aliphatic rings. The van der Waals surface area contributed by atoms with Crippen LogP contribution >= 0.6 is 0 Å². The highest BCUT2D eigenvalue weighted by molar-refractivity contribution is 5.90. The molecule has 0 radical (unpaired) electrons. The minimum Gasteiger partial charge on any atom is -0.328 e. The van der Waals surface area contributed by atoms with Gasteiger partial charge in [0, 0.05) is 5.69 Å². The highest BCUT2D eigenvalue weighted by Gasteiger charge is 2.37. The summed E-state index contributed by atoms with van der Waals surface area (Å²) in [6.07, 6.45) is 3.86. The maximum atomic E-state index is 13.2. The number of carbonyl (C=O) groups excluding carboxylic acids is 1. The molecule has 126 valence electrons. The van der Waals surface area contributed by atoms with Crippen molar-refractivity contribution < 1.29 is 9.18 Å². The van der Waals surface area contributed by atoms with E-state index >= 15 is 0 Å². The Hall–Kier alpha value is -2.36. The van der Waals surface area contributed by atoms with Crippen molar-refractivity contribution in [3.05, 3.63) is 65.0 Å². The molecule has 0 heterocycles. The molecule has 0 atom stereocenters. The van der Waals surface area contributed by atoms with Gasteiger partial charge in [-0.3, -0.25) is 0 Å². The van der Waals surface area contributed by atoms with Crippen LogP contribution in [0.4, 0.5) is 14.9 Å². The van der Waals surface area contributed by atoms with Crippen molar-refractivity contribution in [1.82, 2.24) is 5.32 Å². The van der Waals surface area contributed by atoms with Crippen molar-refractivity contribution in [1.29, 1.82) is 0 Å². The van der Waals surface area contributed by atoms with Crippen LogP contribution in [0.15, 0.2) is 42.5 Å². The summed E-state index contributed by atoms with van der Waals surface area (Å²) < 4.78 is 13.2. The van der Waals surface area contributed by atoms with Gasteiger partial charge in [0.15, 0.2) is 0 Å². The predicted octanol–water partition coefficient (Wildman–Crippen LogP) is 5.03. The van der Waals surface area contributed by atoms with Gasteiger partial charge >= 0.3 is 6.03 Å². The molecule has 3 rings (SSSR count). The van der Waals surface area contributed by atoms with Crippen LogP contribution in [0.2, 0.25) is 0 Å². The zero-order chi connectivity index (χ0) is 17.2. The highest BCUT2D eigenvalue weighted by Crippen LogP contribution is 2.38. The third-order valence-electron chi connectivity index (χ3n) is 4.84. The molecule has 2 amide bonds. The van der Waals surface area contributed by atoms with Crippen LogP contribution in [0.1, 0.15) is 42.4 Å². The molecule has 1 saturated carbocycles. The fourth-order valence-corrected chi connectivity index (χ4v) is 3.56. The SMILES string of the molecule is Cc1ccc(NC(=O)NC2(c3ccc(F)cc3)CCCC2)c(C)c1. The molecule has 1 fully saturated rings. The van der Waals surface area contributed by atoms with E-state index in [1.54, 1.807) is 12.1 Å². The fourth-order valence-electron chi connectivity index (χ4n) is 3.56. The molecule has 0 aromatic heterocycles. The monoisotopic (exact) mass is 326 g/mol. The number of nitrogens with one attached hydrogen (secondary N) is 2. The molecule has 0 saturated heterocycles. The van der Waals surface area contributed by atoms with Crippen LogP contribution in [0.3, 0.4) is 0 Å². The van der Waals surface area contributed by atoms with E-state index in [2.05, 4.69) is 10.6 Å². The number of hydrogen-bond acceptors (Lipinski definition) is 1. The minimum absolute atomic E-state index is 0.215. The number of halogens is 1. The predicted molar refractivity (Wildman–Crippen MR) is 94.6 cm³/mol. The Morgan fingerprint density at radius 3 is 2.33 bits per heavy atom.